The molecule has 1 aromatic heterocycles. The van der Waals surface area contributed by atoms with Gasteiger partial charge in [0.1, 0.15) is 11.2 Å². The second kappa shape index (κ2) is 9.87. The Bertz CT molecular complexity index is 1180. The van der Waals surface area contributed by atoms with Gasteiger partial charge in [-0.25, -0.2) is 4.98 Å². The Kier molecular flexibility index (Phi) is 7.06. The first kappa shape index (κ1) is 26.5. The van der Waals surface area contributed by atoms with Crippen molar-refractivity contribution >= 4 is 23.2 Å². The number of benzene rings is 1. The van der Waals surface area contributed by atoms with Crippen LogP contribution in [0.2, 0.25) is 5.02 Å². The quantitative estimate of drug-likeness (QED) is 0.497. The molecule has 1 atom stereocenters. The summed E-state index contributed by atoms with van der Waals surface area (Å²) in [7, 11) is 0. The van der Waals surface area contributed by atoms with Crippen molar-refractivity contribution in [1.29, 1.82) is 0 Å². The largest absolute Gasteiger partial charge is 0.389 e. The number of carbonyl (C=O) groups excluding carboxylic acids is 1. The van der Waals surface area contributed by atoms with Crippen LogP contribution in [0.5, 0.6) is 0 Å². The Hall–Kier alpha value is -2.14. The number of nitrogens with zero attached hydrogens (tertiary/aromatic N) is 4. The van der Waals surface area contributed by atoms with Crippen LogP contribution in [0, 0.1) is 0 Å². The highest BCUT2D eigenvalue weighted by atomic mass is 35.5. The van der Waals surface area contributed by atoms with Crippen molar-refractivity contribution < 1.29 is 27.8 Å². The minimum Gasteiger partial charge on any atom is -0.356 e. The van der Waals surface area contributed by atoms with Gasteiger partial charge in [0.2, 0.25) is 12.3 Å². The van der Waals surface area contributed by atoms with Crippen LogP contribution in [0.1, 0.15) is 62.3 Å². The molecule has 1 N–H and O–H groups in total. The van der Waals surface area contributed by atoms with Gasteiger partial charge in [-0.3, -0.25) is 9.69 Å². The van der Waals surface area contributed by atoms with Crippen molar-refractivity contribution in [3.8, 4) is 0 Å². The Labute approximate surface area is 219 Å². The van der Waals surface area contributed by atoms with E-state index in [1.807, 2.05) is 24.5 Å². The number of anilines is 1. The molecule has 3 heterocycles. The zero-order chi connectivity index (χ0) is 26.5. The lowest BCUT2D eigenvalue weighted by Gasteiger charge is -2.48. The lowest BCUT2D eigenvalue weighted by Crippen LogP contribution is -2.66. The first-order chi connectivity index (χ1) is 17.5. The number of aromatic nitrogens is 2. The molecule has 1 amide bonds. The number of hydrogen-bond donors (Lipinski definition) is 1. The number of aliphatic hydroxyl groups is 1. The smallest absolute Gasteiger partial charge is 0.356 e. The second-order valence-electron chi connectivity index (χ2n) is 10.5. The molecule has 2 aromatic rings. The maximum atomic E-state index is 13.9. The van der Waals surface area contributed by atoms with Crippen molar-refractivity contribution in [2.24, 2.45) is 0 Å². The number of alkyl halides is 3. The number of aryl methyl sites for hydroxylation is 1. The lowest BCUT2D eigenvalue weighted by atomic mass is 9.75. The highest BCUT2D eigenvalue weighted by molar-refractivity contribution is 6.31. The van der Waals surface area contributed by atoms with E-state index in [-0.39, 0.29) is 44.6 Å². The Morgan fingerprint density at radius 1 is 1.22 bits per heavy atom. The molecule has 1 aromatic carbocycles. The minimum absolute atomic E-state index is 0.0356. The number of carbonyl (C=O) groups is 1. The summed E-state index contributed by atoms with van der Waals surface area (Å²) in [6.07, 6.45) is -2.86. The molecule has 1 unspecified atom stereocenters. The molecule has 0 bridgehead atoms. The monoisotopic (exact) mass is 540 g/mol. The van der Waals surface area contributed by atoms with Crippen molar-refractivity contribution in [2.75, 3.05) is 18.0 Å². The van der Waals surface area contributed by atoms with Crippen LogP contribution in [0.4, 0.5) is 18.9 Å². The Balaban J connectivity index is 1.43. The van der Waals surface area contributed by atoms with E-state index < -0.39 is 24.4 Å². The van der Waals surface area contributed by atoms with E-state index >= 15 is 0 Å². The minimum atomic E-state index is -4.21. The number of imidazole rings is 1. The van der Waals surface area contributed by atoms with E-state index in [4.69, 9.17) is 21.3 Å². The maximum Gasteiger partial charge on any atom is 0.389 e. The van der Waals surface area contributed by atoms with Gasteiger partial charge in [-0.1, -0.05) is 11.6 Å². The van der Waals surface area contributed by atoms with Crippen molar-refractivity contribution in [3.63, 3.8) is 0 Å². The van der Waals surface area contributed by atoms with Crippen LogP contribution in [-0.4, -0.2) is 57.2 Å². The predicted molar refractivity (Wildman–Crippen MR) is 132 cm³/mol. The summed E-state index contributed by atoms with van der Waals surface area (Å²) < 4.78 is 46.0. The number of amides is 1. The number of halogens is 4. The summed E-state index contributed by atoms with van der Waals surface area (Å²) in [5.74, 6) is 0.486. The van der Waals surface area contributed by atoms with E-state index in [0.29, 0.717) is 10.8 Å². The van der Waals surface area contributed by atoms with E-state index in [0.717, 1.165) is 48.3 Å². The third-order valence-corrected chi connectivity index (χ3v) is 7.76. The summed E-state index contributed by atoms with van der Waals surface area (Å²) in [6.45, 7) is 4.59. The van der Waals surface area contributed by atoms with Gasteiger partial charge in [-0.15, -0.1) is 0 Å². The van der Waals surface area contributed by atoms with Gasteiger partial charge < -0.3 is 19.3 Å². The van der Waals surface area contributed by atoms with E-state index in [1.165, 1.54) is 0 Å². The number of likely N-dealkylation sites (tertiary alicyclic amines) is 1. The molecule has 3 aliphatic rings. The highest BCUT2D eigenvalue weighted by Crippen LogP contribution is 2.49. The van der Waals surface area contributed by atoms with Crippen LogP contribution < -0.4 is 4.90 Å². The van der Waals surface area contributed by atoms with E-state index in [2.05, 4.69) is 0 Å². The number of hydrogen-bond acceptors (Lipinski definition) is 5. The van der Waals surface area contributed by atoms with Gasteiger partial charge in [-0.05, 0) is 69.7 Å². The highest BCUT2D eigenvalue weighted by Gasteiger charge is 2.59. The maximum absolute atomic E-state index is 13.9. The van der Waals surface area contributed by atoms with Gasteiger partial charge in [0, 0.05) is 42.5 Å². The molecule has 1 fully saturated rings. The van der Waals surface area contributed by atoms with Crippen LogP contribution in [-0.2, 0) is 40.9 Å². The number of fused-ring (bicyclic) bond motifs is 3. The normalized spacial score (nSPS) is 19.9. The third kappa shape index (κ3) is 5.01. The molecule has 5 rings (SSSR count). The molecule has 0 radical (unpaired) electrons. The van der Waals surface area contributed by atoms with Crippen LogP contribution in [0.15, 0.2) is 18.2 Å². The molecule has 11 heteroatoms. The Morgan fingerprint density at radius 3 is 2.65 bits per heavy atom. The molecule has 202 valence electrons. The standard InChI is InChI=1S/C26H32ClF3N4O3/c1-16(2)37-24(36)32-14-25(15-32)18-12-17(27)8-9-20(18)34(23(25)35)13-22-31-19-6-3-4-7-21(19)33(22)11-5-10-26(28,29)30/h8-9,12,16,24,36H,3-7,10-11,13-15H2,1-2H3. The van der Waals surface area contributed by atoms with E-state index in [1.54, 1.807) is 21.9 Å². The summed E-state index contributed by atoms with van der Waals surface area (Å²) in [4.78, 5) is 22.1. The summed E-state index contributed by atoms with van der Waals surface area (Å²) in [6, 6.07) is 5.33. The summed E-state index contributed by atoms with van der Waals surface area (Å²) in [5, 5.41) is 10.9. The molecular weight excluding hydrogens is 509 g/mol. The van der Waals surface area contributed by atoms with Crippen LogP contribution in [0.25, 0.3) is 0 Å². The van der Waals surface area contributed by atoms with Gasteiger partial charge in [0.15, 0.2) is 0 Å². The van der Waals surface area contributed by atoms with Gasteiger partial charge >= 0.3 is 6.18 Å². The molecule has 0 saturated carbocycles. The SMILES string of the molecule is CC(C)OC(O)N1CC2(C1)C(=O)N(Cc1nc3c(n1CCCC(F)(F)F)CCCC3)c1ccc(Cl)cc12. The molecule has 7 nitrogen and oxygen atoms in total. The number of ether oxygens (including phenoxy) is 1. The van der Waals surface area contributed by atoms with Crippen molar-refractivity contribution in [3.05, 3.63) is 46.0 Å². The first-order valence-electron chi connectivity index (χ1n) is 12.8. The number of aliphatic hydroxyl groups excluding tert-OH is 1. The van der Waals surface area contributed by atoms with Gasteiger partial charge in [0.05, 0.1) is 18.3 Å². The fourth-order valence-corrected chi connectivity index (χ4v) is 6.00. The fourth-order valence-electron chi connectivity index (χ4n) is 5.83. The second-order valence-corrected chi connectivity index (χ2v) is 11.0. The third-order valence-electron chi connectivity index (χ3n) is 7.52. The van der Waals surface area contributed by atoms with E-state index in [9.17, 15) is 23.1 Å². The average molecular weight is 541 g/mol. The Morgan fingerprint density at radius 2 is 1.95 bits per heavy atom. The molecular formula is C26H32ClF3N4O3. The molecule has 37 heavy (non-hydrogen) atoms. The summed E-state index contributed by atoms with van der Waals surface area (Å²) in [5.41, 5.74) is 2.56. The van der Waals surface area contributed by atoms with Crippen molar-refractivity contribution in [1.82, 2.24) is 14.5 Å². The van der Waals surface area contributed by atoms with Crippen molar-refractivity contribution in [2.45, 2.75) is 89.6 Å². The van der Waals surface area contributed by atoms with Crippen LogP contribution in [0.3, 0.4) is 0 Å². The zero-order valence-electron chi connectivity index (χ0n) is 21.0. The summed E-state index contributed by atoms with van der Waals surface area (Å²) >= 11 is 6.32. The van der Waals surface area contributed by atoms with Gasteiger partial charge in [-0.2, -0.15) is 13.2 Å². The van der Waals surface area contributed by atoms with Crippen LogP contribution >= 0.6 is 11.6 Å². The first-order valence-corrected chi connectivity index (χ1v) is 13.2. The zero-order valence-corrected chi connectivity index (χ0v) is 21.8. The topological polar surface area (TPSA) is 70.8 Å². The fraction of sp³-hybridized carbons (Fsp3) is 0.615. The molecule has 1 spiro atoms. The van der Waals surface area contributed by atoms with Gasteiger partial charge in [0.25, 0.3) is 0 Å². The molecule has 1 aliphatic carbocycles. The molecule has 1 saturated heterocycles. The number of rotatable bonds is 8. The molecule has 2 aliphatic heterocycles. The average Bonchev–Trinajstić information content (AvgIpc) is 3.24. The lowest BCUT2D eigenvalue weighted by molar-refractivity contribution is -0.239. The predicted octanol–water partition coefficient (Wildman–Crippen LogP) is 4.56.